The molecule has 0 atom stereocenters. The summed E-state index contributed by atoms with van der Waals surface area (Å²) in [7, 11) is 3.11. The van der Waals surface area contributed by atoms with E-state index in [-0.39, 0.29) is 17.5 Å². The molecule has 0 saturated heterocycles. The van der Waals surface area contributed by atoms with Crippen molar-refractivity contribution in [3.63, 3.8) is 0 Å². The Morgan fingerprint density at radius 2 is 1.91 bits per heavy atom. The van der Waals surface area contributed by atoms with E-state index in [1.807, 2.05) is 25.1 Å². The predicted molar refractivity (Wildman–Crippen MR) is 125 cm³/mol. The number of hydrogen-bond donors (Lipinski definition) is 0. The van der Waals surface area contributed by atoms with Gasteiger partial charge in [0.1, 0.15) is 5.82 Å². The number of aryl methyl sites for hydroxylation is 2. The SMILES string of the molecule is COC(=O)N(CCCCC(=O)c1cc(C)c2c(c1)CCC(=O)N2C)CCc1cccc(F)c1. The molecule has 1 aliphatic heterocycles. The molecule has 176 valence electrons. The minimum absolute atomic E-state index is 0.0600. The maximum atomic E-state index is 13.4. The van der Waals surface area contributed by atoms with Crippen LogP contribution in [0.5, 0.6) is 0 Å². The lowest BCUT2D eigenvalue weighted by Crippen LogP contribution is -2.33. The maximum absolute atomic E-state index is 13.4. The van der Waals surface area contributed by atoms with Crippen LogP contribution in [0.25, 0.3) is 0 Å². The van der Waals surface area contributed by atoms with Gasteiger partial charge < -0.3 is 14.5 Å². The molecule has 0 spiro atoms. The van der Waals surface area contributed by atoms with Gasteiger partial charge in [-0.1, -0.05) is 12.1 Å². The fraction of sp³-hybridized carbons (Fsp3) is 0.423. The topological polar surface area (TPSA) is 66.9 Å². The van der Waals surface area contributed by atoms with Crippen LogP contribution in [0.1, 0.15) is 52.7 Å². The Bertz CT molecular complexity index is 1040. The van der Waals surface area contributed by atoms with E-state index in [9.17, 15) is 18.8 Å². The number of unbranched alkanes of at least 4 members (excludes halogenated alkanes) is 1. The molecule has 0 fully saturated rings. The Kier molecular flexibility index (Phi) is 8.20. The van der Waals surface area contributed by atoms with Gasteiger partial charge in [0, 0.05) is 44.2 Å². The first kappa shape index (κ1) is 24.4. The number of ketones is 1. The number of Topliss-reactive ketones (excluding diaryl/α,β-unsaturated/α-hetero) is 1. The Labute approximate surface area is 194 Å². The van der Waals surface area contributed by atoms with E-state index >= 15 is 0 Å². The summed E-state index contributed by atoms with van der Waals surface area (Å²) in [5, 5.41) is 0. The van der Waals surface area contributed by atoms with Crippen LogP contribution in [0, 0.1) is 12.7 Å². The molecule has 2 aromatic rings. The number of anilines is 1. The highest BCUT2D eigenvalue weighted by molar-refractivity contribution is 6.00. The molecule has 1 aliphatic rings. The monoisotopic (exact) mass is 454 g/mol. The van der Waals surface area contributed by atoms with Crippen molar-refractivity contribution < 1.29 is 23.5 Å². The van der Waals surface area contributed by atoms with E-state index in [2.05, 4.69) is 0 Å². The van der Waals surface area contributed by atoms with Crippen LogP contribution in [-0.4, -0.2) is 49.9 Å². The van der Waals surface area contributed by atoms with E-state index in [0.29, 0.717) is 57.2 Å². The third-order valence-electron chi connectivity index (χ3n) is 6.09. The fourth-order valence-corrected chi connectivity index (χ4v) is 4.33. The molecule has 0 aliphatic carbocycles. The van der Waals surface area contributed by atoms with Gasteiger partial charge in [-0.3, -0.25) is 9.59 Å². The van der Waals surface area contributed by atoms with Crippen LogP contribution in [0.2, 0.25) is 0 Å². The normalized spacial score (nSPS) is 13.0. The number of carbonyl (C=O) groups is 3. The van der Waals surface area contributed by atoms with Crippen molar-refractivity contribution in [1.82, 2.24) is 4.90 Å². The zero-order valence-electron chi connectivity index (χ0n) is 19.5. The van der Waals surface area contributed by atoms with Crippen LogP contribution >= 0.6 is 0 Å². The highest BCUT2D eigenvalue weighted by Gasteiger charge is 2.24. The molecule has 33 heavy (non-hydrogen) atoms. The van der Waals surface area contributed by atoms with Crippen molar-refractivity contribution in [2.75, 3.05) is 32.1 Å². The first-order valence-electron chi connectivity index (χ1n) is 11.3. The Morgan fingerprint density at radius 1 is 1.12 bits per heavy atom. The maximum Gasteiger partial charge on any atom is 0.409 e. The molecule has 7 heteroatoms. The van der Waals surface area contributed by atoms with E-state index < -0.39 is 6.09 Å². The summed E-state index contributed by atoms with van der Waals surface area (Å²) in [5.41, 5.74) is 4.37. The van der Waals surface area contributed by atoms with Crippen molar-refractivity contribution in [3.8, 4) is 0 Å². The number of nitrogens with zero attached hydrogens (tertiary/aromatic N) is 2. The Morgan fingerprint density at radius 3 is 2.64 bits per heavy atom. The Balaban J connectivity index is 1.53. The molecule has 0 unspecified atom stereocenters. The van der Waals surface area contributed by atoms with Gasteiger partial charge in [0.25, 0.3) is 0 Å². The van der Waals surface area contributed by atoms with Gasteiger partial charge in [-0.25, -0.2) is 9.18 Å². The summed E-state index contributed by atoms with van der Waals surface area (Å²) in [6.45, 7) is 2.81. The molecule has 0 saturated carbocycles. The van der Waals surface area contributed by atoms with Crippen molar-refractivity contribution in [3.05, 3.63) is 64.5 Å². The standard InChI is InChI=1S/C26H31FN2O4/c1-18-15-21(17-20-10-11-24(31)28(2)25(18)20)23(30)9-4-5-13-29(26(32)33-3)14-12-19-7-6-8-22(27)16-19/h6-8,15-17H,4-5,9-14H2,1-3H3. The molecular formula is C26H31FN2O4. The van der Waals surface area contributed by atoms with Gasteiger partial charge in [-0.15, -0.1) is 0 Å². The van der Waals surface area contributed by atoms with Gasteiger partial charge in [0.2, 0.25) is 5.91 Å². The third kappa shape index (κ3) is 6.18. The van der Waals surface area contributed by atoms with Gasteiger partial charge in [0.15, 0.2) is 5.78 Å². The quantitative estimate of drug-likeness (QED) is 0.407. The second-order valence-electron chi connectivity index (χ2n) is 8.47. The summed E-state index contributed by atoms with van der Waals surface area (Å²) in [5.74, 6) is -0.145. The molecule has 3 rings (SSSR count). The van der Waals surface area contributed by atoms with Crippen molar-refractivity contribution in [2.45, 2.75) is 45.4 Å². The van der Waals surface area contributed by atoms with E-state index in [4.69, 9.17) is 4.74 Å². The number of ether oxygens (including phenoxy) is 1. The van der Waals surface area contributed by atoms with Crippen LogP contribution < -0.4 is 4.90 Å². The zero-order valence-corrected chi connectivity index (χ0v) is 19.5. The molecule has 1 heterocycles. The van der Waals surface area contributed by atoms with E-state index in [0.717, 1.165) is 22.4 Å². The largest absolute Gasteiger partial charge is 0.453 e. The average molecular weight is 455 g/mol. The van der Waals surface area contributed by atoms with Crippen molar-refractivity contribution in [2.24, 2.45) is 0 Å². The van der Waals surface area contributed by atoms with Crippen LogP contribution in [0.3, 0.4) is 0 Å². The highest BCUT2D eigenvalue weighted by atomic mass is 19.1. The molecule has 6 nitrogen and oxygen atoms in total. The predicted octanol–water partition coefficient (Wildman–Crippen LogP) is 4.71. The van der Waals surface area contributed by atoms with Gasteiger partial charge in [-0.05, 0) is 73.6 Å². The molecule has 0 bridgehead atoms. The average Bonchev–Trinajstić information content (AvgIpc) is 2.80. The van der Waals surface area contributed by atoms with Crippen LogP contribution in [-0.2, 0) is 22.4 Å². The summed E-state index contributed by atoms with van der Waals surface area (Å²) < 4.78 is 18.3. The summed E-state index contributed by atoms with van der Waals surface area (Å²) in [6, 6.07) is 10.1. The van der Waals surface area contributed by atoms with Crippen LogP contribution in [0.4, 0.5) is 14.9 Å². The number of benzene rings is 2. The molecule has 0 radical (unpaired) electrons. The molecular weight excluding hydrogens is 423 g/mol. The fourth-order valence-electron chi connectivity index (χ4n) is 4.33. The lowest BCUT2D eigenvalue weighted by Gasteiger charge is -2.28. The third-order valence-corrected chi connectivity index (χ3v) is 6.09. The summed E-state index contributed by atoms with van der Waals surface area (Å²) >= 11 is 0. The summed E-state index contributed by atoms with van der Waals surface area (Å²) in [4.78, 5) is 40.1. The van der Waals surface area contributed by atoms with E-state index in [1.165, 1.54) is 19.2 Å². The van der Waals surface area contributed by atoms with Crippen molar-refractivity contribution in [1.29, 1.82) is 0 Å². The minimum atomic E-state index is -0.429. The number of methoxy groups -OCH3 is 1. The number of amides is 2. The van der Waals surface area contributed by atoms with Gasteiger partial charge in [0.05, 0.1) is 7.11 Å². The number of fused-ring (bicyclic) bond motifs is 1. The highest BCUT2D eigenvalue weighted by Crippen LogP contribution is 2.32. The first-order valence-corrected chi connectivity index (χ1v) is 11.3. The van der Waals surface area contributed by atoms with Crippen molar-refractivity contribution >= 4 is 23.5 Å². The second-order valence-corrected chi connectivity index (χ2v) is 8.47. The Hall–Kier alpha value is -3.22. The molecule has 0 aromatic heterocycles. The lowest BCUT2D eigenvalue weighted by atomic mass is 9.93. The summed E-state index contributed by atoms with van der Waals surface area (Å²) in [6.07, 6.45) is 2.88. The molecule has 2 amide bonds. The number of rotatable bonds is 9. The van der Waals surface area contributed by atoms with Gasteiger partial charge >= 0.3 is 6.09 Å². The minimum Gasteiger partial charge on any atom is -0.453 e. The van der Waals surface area contributed by atoms with Crippen LogP contribution in [0.15, 0.2) is 36.4 Å². The lowest BCUT2D eigenvalue weighted by molar-refractivity contribution is -0.118. The second kappa shape index (κ2) is 11.1. The van der Waals surface area contributed by atoms with E-state index in [1.54, 1.807) is 22.9 Å². The number of hydrogen-bond acceptors (Lipinski definition) is 4. The zero-order chi connectivity index (χ0) is 24.0. The molecule has 0 N–H and O–H groups in total. The smallest absolute Gasteiger partial charge is 0.409 e. The van der Waals surface area contributed by atoms with Gasteiger partial charge in [-0.2, -0.15) is 0 Å². The first-order chi connectivity index (χ1) is 15.8. The number of carbonyl (C=O) groups excluding carboxylic acids is 3. The molecule has 2 aromatic carbocycles. The number of halogens is 1.